The maximum absolute atomic E-state index is 14.1. The van der Waals surface area contributed by atoms with E-state index in [9.17, 15) is 19.2 Å². The maximum Gasteiger partial charge on any atom is 0.338 e. The SMILES string of the molecule is COC(=O)c1cccc(-c2nc3ccc(-c4ccc5nc(-c6ccccc6)c(-c6ccc(-c7ccc(C(=O)OC)c(-c8nc9ccc(-c%10ccc%11nc(-c%12ccccc%12)c(-c%12ccccc%12)nc%11c%10)cc9nc8-c8ccccc8C(=O)OC)c7)cc6)nc5c4)cc3nc2-c2cccc(C(=O)OC)c2)c1. The summed E-state index contributed by atoms with van der Waals surface area (Å²) in [4.78, 5) is 95.5. The van der Waals surface area contributed by atoms with E-state index in [1.165, 1.54) is 28.4 Å². The third-order valence-electron chi connectivity index (χ3n) is 18.3. The molecule has 0 unspecified atom stereocenters. The Labute approximate surface area is 596 Å². The van der Waals surface area contributed by atoms with E-state index < -0.39 is 23.9 Å². The molecule has 0 bridgehead atoms. The third kappa shape index (κ3) is 12.3. The van der Waals surface area contributed by atoms with Gasteiger partial charge in [0.05, 0.1) is 140 Å². The highest BCUT2D eigenvalue weighted by atomic mass is 16.5. The molecule has 0 atom stereocenters. The van der Waals surface area contributed by atoms with Crippen LogP contribution in [-0.2, 0) is 18.9 Å². The molecule has 104 heavy (non-hydrogen) atoms. The molecule has 16 heteroatoms. The van der Waals surface area contributed by atoms with Crippen molar-refractivity contribution in [2.45, 2.75) is 0 Å². The first kappa shape index (κ1) is 64.5. The molecule has 16 rings (SSSR count). The topological polar surface area (TPSA) is 208 Å². The number of fused-ring (bicyclic) bond motifs is 4. The van der Waals surface area contributed by atoms with Gasteiger partial charge in [0.1, 0.15) is 0 Å². The Morgan fingerprint density at radius 1 is 0.202 bits per heavy atom. The van der Waals surface area contributed by atoms with Crippen molar-refractivity contribution in [1.29, 1.82) is 0 Å². The van der Waals surface area contributed by atoms with Gasteiger partial charge in [-0.3, -0.25) is 0 Å². The molecule has 16 nitrogen and oxygen atoms in total. The smallest absolute Gasteiger partial charge is 0.338 e. The van der Waals surface area contributed by atoms with Crippen LogP contribution in [0.3, 0.4) is 0 Å². The minimum absolute atomic E-state index is 0.230. The van der Waals surface area contributed by atoms with E-state index in [1.807, 2.05) is 218 Å². The molecule has 0 radical (unpaired) electrons. The molecule has 0 fully saturated rings. The summed E-state index contributed by atoms with van der Waals surface area (Å²) in [5.41, 5.74) is 21.4. The number of nitrogens with zero attached hydrogens (tertiary/aromatic N) is 8. The zero-order chi connectivity index (χ0) is 71.0. The second-order valence-corrected chi connectivity index (χ2v) is 24.6. The fourth-order valence-electron chi connectivity index (χ4n) is 13.1. The van der Waals surface area contributed by atoms with Crippen LogP contribution in [0, 0.1) is 0 Å². The van der Waals surface area contributed by atoms with Crippen LogP contribution in [0.5, 0.6) is 0 Å². The highest BCUT2D eigenvalue weighted by molar-refractivity contribution is 6.05. The normalized spacial score (nSPS) is 11.2. The lowest BCUT2D eigenvalue weighted by Crippen LogP contribution is -2.08. The molecule has 0 spiro atoms. The Hall–Kier alpha value is -14.1. The van der Waals surface area contributed by atoms with Crippen LogP contribution in [-0.4, -0.2) is 92.2 Å². The number of rotatable bonds is 15. The lowest BCUT2D eigenvalue weighted by atomic mass is 9.92. The fraction of sp³-hybridized carbons (Fsp3) is 0.0455. The van der Waals surface area contributed by atoms with Gasteiger partial charge in [-0.25, -0.2) is 59.0 Å². The van der Waals surface area contributed by atoms with Gasteiger partial charge >= 0.3 is 23.9 Å². The highest BCUT2D eigenvalue weighted by Gasteiger charge is 2.26. The van der Waals surface area contributed by atoms with Gasteiger partial charge in [-0.05, 0) is 124 Å². The first-order valence-corrected chi connectivity index (χ1v) is 33.3. The Balaban J connectivity index is 0.776. The molecule has 0 saturated carbocycles. The molecule has 0 aliphatic carbocycles. The summed E-state index contributed by atoms with van der Waals surface area (Å²) in [5.74, 6) is -2.16. The van der Waals surface area contributed by atoms with Crippen LogP contribution < -0.4 is 0 Å². The molecule has 0 amide bonds. The van der Waals surface area contributed by atoms with Crippen LogP contribution in [0.25, 0.3) is 168 Å². The van der Waals surface area contributed by atoms with Gasteiger partial charge in [0.2, 0.25) is 0 Å². The molecule has 0 aliphatic rings. The van der Waals surface area contributed by atoms with E-state index in [0.29, 0.717) is 106 Å². The quantitative estimate of drug-likeness (QED) is 0.0690. The van der Waals surface area contributed by atoms with E-state index in [4.69, 9.17) is 58.8 Å². The molecule has 4 heterocycles. The van der Waals surface area contributed by atoms with E-state index in [2.05, 4.69) is 0 Å². The van der Waals surface area contributed by atoms with E-state index >= 15 is 0 Å². The second-order valence-electron chi connectivity index (χ2n) is 24.6. The average Bonchev–Trinajstić information content (AvgIpc) is 0.765. The minimum Gasteiger partial charge on any atom is -0.465 e. The van der Waals surface area contributed by atoms with Crippen molar-refractivity contribution in [2.75, 3.05) is 28.4 Å². The third-order valence-corrected chi connectivity index (χ3v) is 18.3. The molecule has 0 aliphatic heterocycles. The Kier molecular flexibility index (Phi) is 17.1. The van der Waals surface area contributed by atoms with Crippen molar-refractivity contribution in [2.24, 2.45) is 0 Å². The Bertz CT molecular complexity index is 6140. The molecule has 498 valence electrons. The standard InChI is InChI=1S/C88H58N8O8/c1-101-85(97)63-26-16-24-61(44-63)81-82(62-25-17-27-64(45-62)86(98)102-2)95-75-49-59(37-42-71(75)91-81)57-35-41-70-74(48-57)94-80(78(90-70)53-20-10-6-11-21-53)55-32-30-51(31-33-55)56-34-39-67(88(100)104-4)68(46-56)84-83(65-28-14-15-29-66(65)87(99)103-3)96-76-50-60(38-43-72(76)92-84)58-36-40-69-73(47-58)93-79(54-22-12-7-13-23-54)77(89-69)52-18-8-5-9-19-52/h5-50H,1-4H3. The lowest BCUT2D eigenvalue weighted by molar-refractivity contribution is 0.0592. The number of carbonyl (C=O) groups is 4. The van der Waals surface area contributed by atoms with Crippen molar-refractivity contribution in [1.82, 2.24) is 39.9 Å². The zero-order valence-corrected chi connectivity index (χ0v) is 56.4. The molecule has 16 aromatic rings. The van der Waals surface area contributed by atoms with Crippen molar-refractivity contribution < 1.29 is 38.1 Å². The number of ether oxygens (including phenoxy) is 4. The molecule has 4 aromatic heterocycles. The average molecular weight is 1360 g/mol. The van der Waals surface area contributed by atoms with Crippen molar-refractivity contribution >= 4 is 68.0 Å². The molecular weight excluding hydrogens is 1300 g/mol. The molecule has 0 saturated heterocycles. The summed E-state index contributed by atoms with van der Waals surface area (Å²) in [6.07, 6.45) is 0. The fourth-order valence-corrected chi connectivity index (χ4v) is 13.1. The number of hydrogen-bond acceptors (Lipinski definition) is 16. The van der Waals surface area contributed by atoms with Crippen molar-refractivity contribution in [3.05, 3.63) is 301 Å². The van der Waals surface area contributed by atoms with E-state index in [-0.39, 0.29) is 11.1 Å². The van der Waals surface area contributed by atoms with Crippen LogP contribution in [0.15, 0.2) is 279 Å². The largest absolute Gasteiger partial charge is 0.465 e. The van der Waals surface area contributed by atoms with Gasteiger partial charge in [-0.1, -0.05) is 188 Å². The predicted octanol–water partition coefficient (Wildman–Crippen LogP) is 18.9. The van der Waals surface area contributed by atoms with Gasteiger partial charge in [0.25, 0.3) is 0 Å². The summed E-state index contributed by atoms with van der Waals surface area (Å²) in [7, 11) is 5.33. The monoisotopic (exact) mass is 1350 g/mol. The van der Waals surface area contributed by atoms with Crippen LogP contribution in [0.4, 0.5) is 0 Å². The minimum atomic E-state index is -0.595. The van der Waals surface area contributed by atoms with Crippen molar-refractivity contribution in [3.63, 3.8) is 0 Å². The zero-order valence-electron chi connectivity index (χ0n) is 56.4. The van der Waals surface area contributed by atoms with Crippen LogP contribution in [0.2, 0.25) is 0 Å². The maximum atomic E-state index is 14.1. The van der Waals surface area contributed by atoms with Gasteiger partial charge in [-0.15, -0.1) is 0 Å². The molecular formula is C88H58N8O8. The number of carbonyl (C=O) groups excluding carboxylic acids is 4. The predicted molar refractivity (Wildman–Crippen MR) is 404 cm³/mol. The van der Waals surface area contributed by atoms with E-state index in [0.717, 1.165) is 72.5 Å². The van der Waals surface area contributed by atoms with Gasteiger partial charge in [-0.2, -0.15) is 0 Å². The van der Waals surface area contributed by atoms with Gasteiger partial charge in [0, 0.05) is 44.5 Å². The first-order valence-electron chi connectivity index (χ1n) is 33.3. The molecule has 12 aromatic carbocycles. The Morgan fingerprint density at radius 3 is 0.885 bits per heavy atom. The number of benzene rings is 12. The first-order chi connectivity index (χ1) is 51.0. The van der Waals surface area contributed by atoms with Crippen LogP contribution in [0.1, 0.15) is 41.4 Å². The van der Waals surface area contributed by atoms with E-state index in [1.54, 1.807) is 60.7 Å². The van der Waals surface area contributed by atoms with Crippen molar-refractivity contribution in [3.8, 4) is 123 Å². The van der Waals surface area contributed by atoms with Gasteiger partial charge < -0.3 is 18.9 Å². The second kappa shape index (κ2) is 27.5. The lowest BCUT2D eigenvalue weighted by Gasteiger charge is -2.17. The summed E-state index contributed by atoms with van der Waals surface area (Å²) in [6, 6.07) is 88.3. The summed E-state index contributed by atoms with van der Waals surface area (Å²) < 4.78 is 20.9. The number of methoxy groups -OCH3 is 4. The number of aromatic nitrogens is 8. The summed E-state index contributed by atoms with van der Waals surface area (Å²) in [5, 5.41) is 0. The van der Waals surface area contributed by atoms with Gasteiger partial charge in [0.15, 0.2) is 0 Å². The molecule has 0 N–H and O–H groups in total. The number of esters is 4. The highest BCUT2D eigenvalue weighted by Crippen LogP contribution is 2.42. The van der Waals surface area contributed by atoms with Crippen LogP contribution >= 0.6 is 0 Å². The Morgan fingerprint density at radius 2 is 0.481 bits per heavy atom. The summed E-state index contributed by atoms with van der Waals surface area (Å²) in [6.45, 7) is 0. The summed E-state index contributed by atoms with van der Waals surface area (Å²) >= 11 is 0. The number of hydrogen-bond donors (Lipinski definition) is 0.